The molecule has 0 bridgehead atoms. The van der Waals surface area contributed by atoms with Gasteiger partial charge in [-0.05, 0) is 6.07 Å². The van der Waals surface area contributed by atoms with Gasteiger partial charge in [-0.25, -0.2) is 8.78 Å². The van der Waals surface area contributed by atoms with Crippen molar-refractivity contribution in [1.82, 2.24) is 10.6 Å². The summed E-state index contributed by atoms with van der Waals surface area (Å²) in [5.74, 6) is -0.864. The second kappa shape index (κ2) is 5.63. The van der Waals surface area contributed by atoms with E-state index in [1.165, 1.54) is 6.07 Å². The lowest BCUT2D eigenvalue weighted by molar-refractivity contribution is -0.123. The Bertz CT molecular complexity index is 456. The quantitative estimate of drug-likeness (QED) is 0.882. The van der Waals surface area contributed by atoms with Crippen molar-refractivity contribution in [1.29, 1.82) is 0 Å². The van der Waals surface area contributed by atoms with Crippen molar-refractivity contribution in [3.63, 3.8) is 0 Å². The lowest BCUT2D eigenvalue weighted by Gasteiger charge is -2.11. The van der Waals surface area contributed by atoms with Gasteiger partial charge in [0.1, 0.15) is 12.0 Å². The van der Waals surface area contributed by atoms with Gasteiger partial charge in [-0.1, -0.05) is 23.7 Å². The van der Waals surface area contributed by atoms with Gasteiger partial charge in [-0.15, -0.1) is 0 Å². The van der Waals surface area contributed by atoms with Gasteiger partial charge in [-0.2, -0.15) is 0 Å². The van der Waals surface area contributed by atoms with E-state index in [2.05, 4.69) is 10.6 Å². The Kier molecular flexibility index (Phi) is 4.14. The van der Waals surface area contributed by atoms with E-state index >= 15 is 0 Å². The average Bonchev–Trinajstić information content (AvgIpc) is 2.77. The van der Waals surface area contributed by atoms with Crippen LogP contribution in [0.2, 0.25) is 5.02 Å². The van der Waals surface area contributed by atoms with Crippen LogP contribution in [0.3, 0.4) is 0 Å². The van der Waals surface area contributed by atoms with Gasteiger partial charge in [0.2, 0.25) is 5.91 Å². The van der Waals surface area contributed by atoms with E-state index in [0.29, 0.717) is 5.56 Å². The molecule has 0 aromatic heterocycles. The summed E-state index contributed by atoms with van der Waals surface area (Å²) < 4.78 is 26.4. The summed E-state index contributed by atoms with van der Waals surface area (Å²) in [6.45, 7) is 0.226. The third kappa shape index (κ3) is 2.97. The summed E-state index contributed by atoms with van der Waals surface area (Å²) in [5.41, 5.74) is 0.311. The van der Waals surface area contributed by atoms with Crippen LogP contribution in [0, 0.1) is 5.82 Å². The van der Waals surface area contributed by atoms with Crippen LogP contribution in [-0.2, 0) is 11.3 Å². The Morgan fingerprint density at radius 1 is 1.56 bits per heavy atom. The van der Waals surface area contributed by atoms with Crippen LogP contribution in [0.4, 0.5) is 8.78 Å². The van der Waals surface area contributed by atoms with Crippen molar-refractivity contribution >= 4 is 17.5 Å². The molecule has 0 aliphatic carbocycles. The molecule has 1 amide bonds. The number of alkyl halides is 1. The van der Waals surface area contributed by atoms with Crippen LogP contribution in [0.15, 0.2) is 18.2 Å². The Morgan fingerprint density at radius 2 is 2.33 bits per heavy atom. The number of carbonyl (C=O) groups is 1. The molecule has 6 heteroatoms. The molecule has 2 rings (SSSR count). The summed E-state index contributed by atoms with van der Waals surface area (Å²) in [4.78, 5) is 11.7. The summed E-state index contributed by atoms with van der Waals surface area (Å²) in [6.07, 6.45) is -0.840. The molecule has 1 unspecified atom stereocenters. The monoisotopic (exact) mass is 274 g/mol. The number of halogens is 3. The first kappa shape index (κ1) is 13.2. The molecule has 1 saturated heterocycles. The molecule has 2 atom stereocenters. The molecule has 1 aromatic rings. The van der Waals surface area contributed by atoms with Crippen molar-refractivity contribution < 1.29 is 13.6 Å². The van der Waals surface area contributed by atoms with Gasteiger partial charge in [0.05, 0.1) is 11.1 Å². The van der Waals surface area contributed by atoms with E-state index < -0.39 is 18.0 Å². The zero-order chi connectivity index (χ0) is 13.1. The molecule has 1 heterocycles. The smallest absolute Gasteiger partial charge is 0.237 e. The molecule has 0 radical (unpaired) electrons. The number of carbonyl (C=O) groups excluding carboxylic acids is 1. The van der Waals surface area contributed by atoms with E-state index in [0.717, 1.165) is 0 Å². The van der Waals surface area contributed by atoms with Crippen molar-refractivity contribution in [3.8, 4) is 0 Å². The Balaban J connectivity index is 1.91. The van der Waals surface area contributed by atoms with E-state index in [9.17, 15) is 13.6 Å². The van der Waals surface area contributed by atoms with E-state index in [4.69, 9.17) is 11.6 Å². The van der Waals surface area contributed by atoms with Crippen LogP contribution in [0.25, 0.3) is 0 Å². The number of rotatable bonds is 3. The third-order valence-corrected chi connectivity index (χ3v) is 3.17. The SMILES string of the molecule is O=C(NCc1cccc(Cl)c1F)[C@@H]1CC(F)CN1. The van der Waals surface area contributed by atoms with Crippen molar-refractivity contribution in [2.45, 2.75) is 25.2 Å². The fourth-order valence-corrected chi connectivity index (χ4v) is 2.08. The molecule has 0 spiro atoms. The highest BCUT2D eigenvalue weighted by Crippen LogP contribution is 2.17. The molecule has 3 nitrogen and oxygen atoms in total. The molecule has 18 heavy (non-hydrogen) atoms. The molecule has 1 aliphatic rings. The number of amides is 1. The number of hydrogen-bond donors (Lipinski definition) is 2. The topological polar surface area (TPSA) is 41.1 Å². The highest BCUT2D eigenvalue weighted by atomic mass is 35.5. The first-order valence-electron chi connectivity index (χ1n) is 5.66. The summed E-state index contributed by atoms with van der Waals surface area (Å²) >= 11 is 5.63. The van der Waals surface area contributed by atoms with Crippen molar-refractivity contribution in [2.24, 2.45) is 0 Å². The molecule has 0 saturated carbocycles. The maximum absolute atomic E-state index is 13.5. The average molecular weight is 275 g/mol. The van der Waals surface area contributed by atoms with E-state index in [1.807, 2.05) is 0 Å². The molecule has 1 aromatic carbocycles. The summed E-state index contributed by atoms with van der Waals surface area (Å²) in [5, 5.41) is 5.34. The maximum atomic E-state index is 13.5. The molecule has 1 fully saturated rings. The van der Waals surface area contributed by atoms with Crippen LogP contribution in [0.5, 0.6) is 0 Å². The predicted octanol–water partition coefficient (Wildman–Crippen LogP) is 1.80. The Hall–Kier alpha value is -1.20. The first-order chi connectivity index (χ1) is 8.58. The highest BCUT2D eigenvalue weighted by Gasteiger charge is 2.28. The predicted molar refractivity (Wildman–Crippen MR) is 64.6 cm³/mol. The molecule has 2 N–H and O–H groups in total. The molecular formula is C12H13ClF2N2O. The lowest BCUT2D eigenvalue weighted by atomic mass is 10.2. The second-order valence-corrected chi connectivity index (χ2v) is 4.63. The fourth-order valence-electron chi connectivity index (χ4n) is 1.88. The van der Waals surface area contributed by atoms with Gasteiger partial charge < -0.3 is 10.6 Å². The van der Waals surface area contributed by atoms with Gasteiger partial charge in [0.15, 0.2) is 0 Å². The number of hydrogen-bond acceptors (Lipinski definition) is 2. The minimum absolute atomic E-state index is 0.0181. The van der Waals surface area contributed by atoms with E-state index in [1.54, 1.807) is 12.1 Å². The van der Waals surface area contributed by atoms with Crippen LogP contribution in [0.1, 0.15) is 12.0 Å². The summed E-state index contributed by atoms with van der Waals surface area (Å²) in [6, 6.07) is 4.05. The van der Waals surface area contributed by atoms with Gasteiger partial charge >= 0.3 is 0 Å². The minimum Gasteiger partial charge on any atom is -0.351 e. The molecule has 1 aliphatic heterocycles. The molecule has 98 valence electrons. The maximum Gasteiger partial charge on any atom is 0.237 e. The summed E-state index contributed by atoms with van der Waals surface area (Å²) in [7, 11) is 0. The normalized spacial score (nSPS) is 23.1. The largest absolute Gasteiger partial charge is 0.351 e. The second-order valence-electron chi connectivity index (χ2n) is 4.22. The van der Waals surface area contributed by atoms with Crippen LogP contribution < -0.4 is 10.6 Å². The first-order valence-corrected chi connectivity index (χ1v) is 6.04. The standard InChI is InChI=1S/C12H13ClF2N2O/c13-9-3-1-2-7(11(9)15)5-17-12(18)10-4-8(14)6-16-10/h1-3,8,10,16H,4-6H2,(H,17,18)/t8?,10-/m0/s1. The number of nitrogens with one attached hydrogen (secondary N) is 2. The Morgan fingerprint density at radius 3 is 3.00 bits per heavy atom. The minimum atomic E-state index is -0.997. The van der Waals surface area contributed by atoms with Gasteiger partial charge in [-0.3, -0.25) is 4.79 Å². The lowest BCUT2D eigenvalue weighted by Crippen LogP contribution is -2.40. The van der Waals surface area contributed by atoms with Gasteiger partial charge in [0, 0.05) is 25.1 Å². The third-order valence-electron chi connectivity index (χ3n) is 2.88. The number of benzene rings is 1. The highest BCUT2D eigenvalue weighted by molar-refractivity contribution is 6.30. The Labute approximate surface area is 109 Å². The zero-order valence-corrected chi connectivity index (χ0v) is 10.3. The van der Waals surface area contributed by atoms with Gasteiger partial charge in [0.25, 0.3) is 0 Å². The van der Waals surface area contributed by atoms with Crippen molar-refractivity contribution in [3.05, 3.63) is 34.6 Å². The van der Waals surface area contributed by atoms with Crippen molar-refractivity contribution in [2.75, 3.05) is 6.54 Å². The van der Waals surface area contributed by atoms with E-state index in [-0.39, 0.29) is 30.4 Å². The molecular weight excluding hydrogens is 262 g/mol. The zero-order valence-electron chi connectivity index (χ0n) is 9.55. The van der Waals surface area contributed by atoms with Crippen LogP contribution >= 0.6 is 11.6 Å². The van der Waals surface area contributed by atoms with Crippen LogP contribution in [-0.4, -0.2) is 24.7 Å². The fraction of sp³-hybridized carbons (Fsp3) is 0.417.